The Labute approximate surface area is 114 Å². The van der Waals surface area contributed by atoms with Gasteiger partial charge >= 0.3 is 0 Å². The second-order valence-electron chi connectivity index (χ2n) is 4.10. The highest BCUT2D eigenvalue weighted by Gasteiger charge is 2.11. The lowest BCUT2D eigenvalue weighted by Gasteiger charge is -2.01. The van der Waals surface area contributed by atoms with Crippen LogP contribution in [0.15, 0.2) is 53.5 Å². The lowest BCUT2D eigenvalue weighted by Crippen LogP contribution is -2.12. The van der Waals surface area contributed by atoms with Gasteiger partial charge in [-0.25, -0.2) is 4.68 Å². The minimum Gasteiger partial charge on any atom is -0.399 e. The van der Waals surface area contributed by atoms with Crippen LogP contribution in [-0.4, -0.2) is 20.8 Å². The number of nitrogen functional groups attached to an aromatic ring is 1. The quantitative estimate of drug-likeness (QED) is 0.705. The lowest BCUT2D eigenvalue weighted by atomic mass is 10.3. The van der Waals surface area contributed by atoms with Gasteiger partial charge in [0.25, 0.3) is 5.91 Å². The van der Waals surface area contributed by atoms with Crippen molar-refractivity contribution in [2.24, 2.45) is 0 Å². The Kier molecular flexibility index (Phi) is 2.92. The molecule has 0 radical (unpaired) electrons. The van der Waals surface area contributed by atoms with E-state index in [0.717, 1.165) is 5.69 Å². The van der Waals surface area contributed by atoms with Crippen LogP contribution < -0.4 is 11.1 Å². The molecule has 0 fully saturated rings. The van der Waals surface area contributed by atoms with E-state index >= 15 is 0 Å². The molecule has 0 spiro atoms. The van der Waals surface area contributed by atoms with E-state index in [1.807, 2.05) is 12.1 Å². The zero-order chi connectivity index (χ0) is 13.9. The number of hydrogen-bond donors (Lipinski definition) is 2. The summed E-state index contributed by atoms with van der Waals surface area (Å²) in [6, 6.07) is 8.81. The zero-order valence-corrected chi connectivity index (χ0v) is 10.4. The molecule has 7 nitrogen and oxygen atoms in total. The van der Waals surface area contributed by atoms with Crippen molar-refractivity contribution in [3.05, 3.63) is 54.7 Å². The average Bonchev–Trinajstić information content (AvgIpc) is 3.10. The number of nitrogens with two attached hydrogens (primary N) is 1. The van der Waals surface area contributed by atoms with Crippen molar-refractivity contribution in [2.75, 3.05) is 11.1 Å². The van der Waals surface area contributed by atoms with Crippen LogP contribution in [0, 0.1) is 0 Å². The molecule has 1 aromatic carbocycles. The number of aromatic nitrogens is 3. The molecule has 20 heavy (non-hydrogen) atoms. The van der Waals surface area contributed by atoms with Crippen LogP contribution in [-0.2, 0) is 0 Å². The topological polar surface area (TPSA) is 99.0 Å². The van der Waals surface area contributed by atoms with Crippen LogP contribution in [0.25, 0.3) is 5.69 Å². The molecular weight excluding hydrogens is 258 g/mol. The first-order valence-electron chi connectivity index (χ1n) is 5.85. The van der Waals surface area contributed by atoms with Gasteiger partial charge in [-0.05, 0) is 30.3 Å². The molecular formula is C13H11N5O2. The van der Waals surface area contributed by atoms with Crippen molar-refractivity contribution in [2.45, 2.75) is 0 Å². The summed E-state index contributed by atoms with van der Waals surface area (Å²) in [7, 11) is 0. The molecule has 2 aromatic heterocycles. The van der Waals surface area contributed by atoms with Gasteiger partial charge in [-0.2, -0.15) is 5.10 Å². The fourth-order valence-corrected chi connectivity index (χ4v) is 1.68. The van der Waals surface area contributed by atoms with E-state index in [1.165, 1.54) is 12.5 Å². The summed E-state index contributed by atoms with van der Waals surface area (Å²) >= 11 is 0. The summed E-state index contributed by atoms with van der Waals surface area (Å²) in [6.07, 6.45) is 4.46. The third-order valence-electron chi connectivity index (χ3n) is 2.67. The summed E-state index contributed by atoms with van der Waals surface area (Å²) in [5, 5.41) is 10.3. The Morgan fingerprint density at radius 1 is 1.25 bits per heavy atom. The number of nitrogens with one attached hydrogen (secondary N) is 1. The van der Waals surface area contributed by atoms with Gasteiger partial charge in [0.15, 0.2) is 5.69 Å². The summed E-state index contributed by atoms with van der Waals surface area (Å²) in [5.74, 6) is -0.331. The molecule has 0 saturated heterocycles. The van der Waals surface area contributed by atoms with Crippen molar-refractivity contribution in [1.82, 2.24) is 14.9 Å². The SMILES string of the molecule is Nc1ccc(-n2ccc(C(=O)Nc3cnoc3)n2)cc1. The summed E-state index contributed by atoms with van der Waals surface area (Å²) < 4.78 is 6.23. The summed E-state index contributed by atoms with van der Waals surface area (Å²) in [6.45, 7) is 0. The molecule has 3 N–H and O–H groups in total. The molecule has 100 valence electrons. The van der Waals surface area contributed by atoms with Gasteiger partial charge in [0, 0.05) is 11.9 Å². The first-order valence-corrected chi connectivity index (χ1v) is 5.85. The maximum absolute atomic E-state index is 11.9. The molecule has 0 atom stereocenters. The molecule has 0 saturated carbocycles. The number of anilines is 2. The van der Waals surface area contributed by atoms with Crippen LogP contribution in [0.4, 0.5) is 11.4 Å². The minimum absolute atomic E-state index is 0.294. The van der Waals surface area contributed by atoms with Gasteiger partial charge < -0.3 is 15.6 Å². The average molecular weight is 269 g/mol. The number of carbonyl (C=O) groups excluding carboxylic acids is 1. The van der Waals surface area contributed by atoms with Crippen LogP contribution in [0.2, 0.25) is 0 Å². The Morgan fingerprint density at radius 2 is 2.05 bits per heavy atom. The van der Waals surface area contributed by atoms with Crippen molar-refractivity contribution >= 4 is 17.3 Å². The fourth-order valence-electron chi connectivity index (χ4n) is 1.68. The summed E-state index contributed by atoms with van der Waals surface area (Å²) in [5.41, 5.74) is 7.90. The lowest BCUT2D eigenvalue weighted by molar-refractivity contribution is 0.102. The number of amides is 1. The maximum atomic E-state index is 11.9. The summed E-state index contributed by atoms with van der Waals surface area (Å²) in [4.78, 5) is 11.9. The zero-order valence-electron chi connectivity index (χ0n) is 10.4. The number of nitrogens with zero attached hydrogens (tertiary/aromatic N) is 3. The standard InChI is InChI=1S/C13H11N5O2/c14-9-1-3-11(4-2-9)18-6-5-12(17-18)13(19)16-10-7-15-20-8-10/h1-8H,14H2,(H,16,19). The van der Waals surface area contributed by atoms with Crippen LogP contribution >= 0.6 is 0 Å². The minimum atomic E-state index is -0.331. The second-order valence-corrected chi connectivity index (χ2v) is 4.10. The normalized spacial score (nSPS) is 10.4. The number of benzene rings is 1. The molecule has 0 aliphatic rings. The molecule has 1 amide bonds. The molecule has 0 unspecified atom stereocenters. The van der Waals surface area contributed by atoms with Gasteiger partial charge in [-0.3, -0.25) is 4.79 Å². The van der Waals surface area contributed by atoms with Gasteiger partial charge in [-0.15, -0.1) is 0 Å². The van der Waals surface area contributed by atoms with Gasteiger partial charge in [0.1, 0.15) is 12.0 Å². The predicted octanol–water partition coefficient (Wildman–Crippen LogP) is 1.69. The molecule has 0 aliphatic carbocycles. The molecule has 3 aromatic rings. The van der Waals surface area contributed by atoms with E-state index in [0.29, 0.717) is 17.1 Å². The van der Waals surface area contributed by atoms with E-state index in [4.69, 9.17) is 5.73 Å². The Hall–Kier alpha value is -3.09. The Morgan fingerprint density at radius 3 is 2.75 bits per heavy atom. The molecule has 2 heterocycles. The molecule has 7 heteroatoms. The smallest absolute Gasteiger partial charge is 0.276 e. The van der Waals surface area contributed by atoms with Gasteiger partial charge in [0.05, 0.1) is 11.9 Å². The second kappa shape index (κ2) is 4.88. The van der Waals surface area contributed by atoms with E-state index in [2.05, 4.69) is 20.1 Å². The van der Waals surface area contributed by atoms with Crippen LogP contribution in [0.1, 0.15) is 10.5 Å². The van der Waals surface area contributed by atoms with Gasteiger partial charge in [0.2, 0.25) is 0 Å². The van der Waals surface area contributed by atoms with Gasteiger partial charge in [-0.1, -0.05) is 5.16 Å². The largest absolute Gasteiger partial charge is 0.399 e. The first-order chi connectivity index (χ1) is 9.72. The highest BCUT2D eigenvalue weighted by Crippen LogP contribution is 2.12. The number of carbonyl (C=O) groups is 1. The predicted molar refractivity (Wildman–Crippen MR) is 72.4 cm³/mol. The van der Waals surface area contributed by atoms with Crippen molar-refractivity contribution in [1.29, 1.82) is 0 Å². The molecule has 0 bridgehead atoms. The number of hydrogen-bond acceptors (Lipinski definition) is 5. The molecule has 3 rings (SSSR count). The fraction of sp³-hybridized carbons (Fsp3) is 0. The monoisotopic (exact) mass is 269 g/mol. The third-order valence-corrected chi connectivity index (χ3v) is 2.67. The van der Waals surface area contributed by atoms with Crippen LogP contribution in [0.3, 0.4) is 0 Å². The third kappa shape index (κ3) is 2.37. The molecule has 0 aliphatic heterocycles. The van der Waals surface area contributed by atoms with E-state index in [-0.39, 0.29) is 5.91 Å². The van der Waals surface area contributed by atoms with Crippen molar-refractivity contribution in [3.8, 4) is 5.69 Å². The maximum Gasteiger partial charge on any atom is 0.276 e. The van der Waals surface area contributed by atoms with Crippen LogP contribution in [0.5, 0.6) is 0 Å². The highest BCUT2D eigenvalue weighted by molar-refractivity contribution is 6.02. The van der Waals surface area contributed by atoms with E-state index in [1.54, 1.807) is 29.1 Å². The highest BCUT2D eigenvalue weighted by atomic mass is 16.5. The Bertz CT molecular complexity index is 716. The Balaban J connectivity index is 1.79. The van der Waals surface area contributed by atoms with E-state index < -0.39 is 0 Å². The first kappa shape index (κ1) is 12.0. The van der Waals surface area contributed by atoms with Crippen molar-refractivity contribution < 1.29 is 9.32 Å². The number of rotatable bonds is 3. The van der Waals surface area contributed by atoms with Crippen molar-refractivity contribution in [3.63, 3.8) is 0 Å². The van der Waals surface area contributed by atoms with E-state index in [9.17, 15) is 4.79 Å².